The molecule has 1 unspecified atom stereocenters. The second-order valence-electron chi connectivity index (χ2n) is 5.33. The van der Waals surface area contributed by atoms with Crippen LogP contribution in [0, 0.1) is 5.92 Å². The van der Waals surface area contributed by atoms with Crippen molar-refractivity contribution in [3.05, 3.63) is 84.0 Å². The molecule has 2 heteroatoms. The van der Waals surface area contributed by atoms with E-state index in [1.165, 1.54) is 0 Å². The summed E-state index contributed by atoms with van der Waals surface area (Å²) in [5, 5.41) is 0. The van der Waals surface area contributed by atoms with Crippen molar-refractivity contribution in [2.75, 3.05) is 0 Å². The molecule has 21 heavy (non-hydrogen) atoms. The Balaban J connectivity index is 1.91. The number of ketones is 1. The lowest BCUT2D eigenvalue weighted by Crippen LogP contribution is -2.24. The third kappa shape index (κ3) is 1.91. The maximum Gasteiger partial charge on any atom is 0.163 e. The fourth-order valence-corrected chi connectivity index (χ4v) is 3.15. The van der Waals surface area contributed by atoms with Crippen molar-refractivity contribution in [1.29, 1.82) is 0 Å². The highest BCUT2D eigenvalue weighted by atomic mass is 16.5. The number of allylic oxidation sites excluding steroid dienone is 4. The van der Waals surface area contributed by atoms with Crippen LogP contribution in [-0.2, 0) is 4.79 Å². The van der Waals surface area contributed by atoms with Gasteiger partial charge in [-0.2, -0.15) is 0 Å². The average molecular weight is 274 g/mol. The summed E-state index contributed by atoms with van der Waals surface area (Å²) in [5.41, 5.74) is 2.16. The number of para-hydroxylation sites is 2. The lowest BCUT2D eigenvalue weighted by Gasteiger charge is -2.32. The van der Waals surface area contributed by atoms with Crippen LogP contribution in [0.2, 0.25) is 0 Å². The Morgan fingerprint density at radius 1 is 0.810 bits per heavy atom. The van der Waals surface area contributed by atoms with Gasteiger partial charge in [0.15, 0.2) is 5.78 Å². The molecule has 0 aromatic heterocycles. The summed E-state index contributed by atoms with van der Waals surface area (Å²) >= 11 is 0. The Morgan fingerprint density at radius 2 is 1.43 bits per heavy atom. The second kappa shape index (κ2) is 4.74. The Labute approximate surface area is 123 Å². The van der Waals surface area contributed by atoms with Crippen molar-refractivity contribution in [2.24, 2.45) is 5.92 Å². The van der Waals surface area contributed by atoms with Gasteiger partial charge >= 0.3 is 0 Å². The molecule has 1 aliphatic heterocycles. The molecule has 0 saturated heterocycles. The van der Waals surface area contributed by atoms with E-state index < -0.39 is 0 Å². The van der Waals surface area contributed by atoms with Gasteiger partial charge in [0, 0.05) is 17.0 Å². The predicted molar refractivity (Wildman–Crippen MR) is 81.6 cm³/mol. The molecule has 4 rings (SSSR count). The first-order valence-electron chi connectivity index (χ1n) is 7.09. The number of benzene rings is 2. The largest absolute Gasteiger partial charge is 0.457 e. The van der Waals surface area contributed by atoms with Crippen LogP contribution in [0.3, 0.4) is 0 Å². The van der Waals surface area contributed by atoms with Crippen LogP contribution < -0.4 is 4.74 Å². The van der Waals surface area contributed by atoms with Gasteiger partial charge in [-0.3, -0.25) is 4.79 Å². The van der Waals surface area contributed by atoms with E-state index in [0.29, 0.717) is 0 Å². The number of rotatable bonds is 1. The standard InChI is InChI=1S/C19H14O2/c20-16-10-4-1-7-13(16)19-14-8-2-5-11-17(14)21-18-12-6-3-9-15(18)19/h1-13,19H. The minimum atomic E-state index is -0.166. The quantitative estimate of drug-likeness (QED) is 0.777. The SMILES string of the molecule is O=C1C=CC=CC1C1c2ccccc2Oc2ccccc21. The first kappa shape index (κ1) is 12.2. The zero-order chi connectivity index (χ0) is 14.2. The Bertz CT molecular complexity index is 725. The molecule has 1 aliphatic carbocycles. The second-order valence-corrected chi connectivity index (χ2v) is 5.33. The Kier molecular flexibility index (Phi) is 2.74. The van der Waals surface area contributed by atoms with Gasteiger partial charge in [-0.05, 0) is 18.2 Å². The highest BCUT2D eigenvalue weighted by molar-refractivity contribution is 5.95. The Hall–Kier alpha value is -2.61. The Morgan fingerprint density at radius 3 is 2.05 bits per heavy atom. The predicted octanol–water partition coefficient (Wildman–Crippen LogP) is 4.24. The fourth-order valence-electron chi connectivity index (χ4n) is 3.15. The molecular weight excluding hydrogens is 260 g/mol. The fraction of sp³-hybridized carbons (Fsp3) is 0.105. The van der Waals surface area contributed by atoms with Gasteiger partial charge in [-0.15, -0.1) is 0 Å². The molecule has 1 heterocycles. The van der Waals surface area contributed by atoms with E-state index in [0.717, 1.165) is 22.6 Å². The van der Waals surface area contributed by atoms with Crippen LogP contribution in [0.5, 0.6) is 11.5 Å². The highest BCUT2D eigenvalue weighted by Crippen LogP contribution is 2.48. The van der Waals surface area contributed by atoms with Crippen molar-refractivity contribution < 1.29 is 9.53 Å². The number of fused-ring (bicyclic) bond motifs is 2. The number of carbonyl (C=O) groups is 1. The smallest absolute Gasteiger partial charge is 0.163 e. The molecule has 0 amide bonds. The van der Waals surface area contributed by atoms with Gasteiger partial charge < -0.3 is 4.74 Å². The summed E-state index contributed by atoms with van der Waals surface area (Å²) in [7, 11) is 0. The van der Waals surface area contributed by atoms with E-state index in [9.17, 15) is 4.79 Å². The van der Waals surface area contributed by atoms with Gasteiger partial charge in [0.1, 0.15) is 11.5 Å². The molecule has 2 aliphatic rings. The first-order chi connectivity index (χ1) is 10.3. The van der Waals surface area contributed by atoms with Crippen molar-refractivity contribution in [3.63, 3.8) is 0 Å². The van der Waals surface area contributed by atoms with Crippen molar-refractivity contribution in [1.82, 2.24) is 0 Å². The number of hydrogen-bond acceptors (Lipinski definition) is 2. The molecule has 0 spiro atoms. The summed E-state index contributed by atoms with van der Waals surface area (Å²) in [6.07, 6.45) is 7.40. The number of hydrogen-bond donors (Lipinski definition) is 0. The van der Waals surface area contributed by atoms with Crippen LogP contribution in [-0.4, -0.2) is 5.78 Å². The van der Waals surface area contributed by atoms with Crippen LogP contribution in [0.25, 0.3) is 0 Å². The van der Waals surface area contributed by atoms with Crippen molar-refractivity contribution in [3.8, 4) is 11.5 Å². The lowest BCUT2D eigenvalue weighted by atomic mass is 9.75. The molecule has 0 bridgehead atoms. The molecule has 0 N–H and O–H groups in total. The van der Waals surface area contributed by atoms with E-state index >= 15 is 0 Å². The third-order valence-corrected chi connectivity index (χ3v) is 4.11. The molecule has 2 nitrogen and oxygen atoms in total. The molecule has 0 fully saturated rings. The van der Waals surface area contributed by atoms with E-state index in [1.807, 2.05) is 48.6 Å². The summed E-state index contributed by atoms with van der Waals surface area (Å²) < 4.78 is 5.98. The van der Waals surface area contributed by atoms with Gasteiger partial charge in [0.05, 0.1) is 5.92 Å². The number of carbonyl (C=O) groups excluding carboxylic acids is 1. The molecule has 1 atom stereocenters. The number of ether oxygens (including phenoxy) is 1. The summed E-state index contributed by atoms with van der Waals surface area (Å²) in [6.45, 7) is 0. The van der Waals surface area contributed by atoms with Crippen LogP contribution in [0.1, 0.15) is 17.0 Å². The molecule has 2 aromatic carbocycles. The third-order valence-electron chi connectivity index (χ3n) is 4.11. The van der Waals surface area contributed by atoms with E-state index in [4.69, 9.17) is 4.74 Å². The van der Waals surface area contributed by atoms with Gasteiger partial charge in [0.25, 0.3) is 0 Å². The minimum absolute atomic E-state index is 0.0137. The zero-order valence-electron chi connectivity index (χ0n) is 11.4. The van der Waals surface area contributed by atoms with Crippen LogP contribution in [0.15, 0.2) is 72.8 Å². The van der Waals surface area contributed by atoms with Crippen LogP contribution >= 0.6 is 0 Å². The van der Waals surface area contributed by atoms with Crippen LogP contribution in [0.4, 0.5) is 0 Å². The minimum Gasteiger partial charge on any atom is -0.457 e. The average Bonchev–Trinajstić information content (AvgIpc) is 2.53. The zero-order valence-corrected chi connectivity index (χ0v) is 11.4. The molecular formula is C19H14O2. The summed E-state index contributed by atoms with van der Waals surface area (Å²) in [6, 6.07) is 15.9. The molecule has 0 saturated carbocycles. The highest BCUT2D eigenvalue weighted by Gasteiger charge is 2.35. The van der Waals surface area contributed by atoms with E-state index in [-0.39, 0.29) is 17.6 Å². The van der Waals surface area contributed by atoms with Crippen molar-refractivity contribution in [2.45, 2.75) is 5.92 Å². The van der Waals surface area contributed by atoms with Gasteiger partial charge in [-0.25, -0.2) is 0 Å². The van der Waals surface area contributed by atoms with E-state index in [2.05, 4.69) is 12.1 Å². The maximum absolute atomic E-state index is 12.3. The topological polar surface area (TPSA) is 26.3 Å². The van der Waals surface area contributed by atoms with Gasteiger partial charge in [0.2, 0.25) is 0 Å². The van der Waals surface area contributed by atoms with E-state index in [1.54, 1.807) is 12.2 Å². The maximum atomic E-state index is 12.3. The molecule has 2 aromatic rings. The normalized spacial score (nSPS) is 19.8. The first-order valence-corrected chi connectivity index (χ1v) is 7.09. The summed E-state index contributed by atoms with van der Waals surface area (Å²) in [4.78, 5) is 12.3. The van der Waals surface area contributed by atoms with Crippen molar-refractivity contribution >= 4 is 5.78 Å². The summed E-state index contributed by atoms with van der Waals surface area (Å²) in [5.74, 6) is 1.68. The monoisotopic (exact) mass is 274 g/mol. The molecule has 0 radical (unpaired) electrons. The lowest BCUT2D eigenvalue weighted by molar-refractivity contribution is -0.117. The van der Waals surface area contributed by atoms with Gasteiger partial charge in [-0.1, -0.05) is 54.6 Å². The molecule has 102 valence electrons.